The van der Waals surface area contributed by atoms with Gasteiger partial charge in [-0.05, 0) is 12.8 Å². The molecule has 1 saturated carbocycles. The van der Waals surface area contributed by atoms with E-state index < -0.39 is 12.0 Å². The van der Waals surface area contributed by atoms with Crippen LogP contribution in [0.1, 0.15) is 19.3 Å². The van der Waals surface area contributed by atoms with E-state index in [4.69, 9.17) is 10.8 Å². The fourth-order valence-electron chi connectivity index (χ4n) is 1.43. The lowest BCUT2D eigenvalue weighted by atomic mass is 10.2. The minimum atomic E-state index is -1.05. The largest absolute Gasteiger partial charge is 0.481 e. The maximum Gasteiger partial charge on any atom is 0.305 e. The molecule has 84 valence electrons. The number of carboxylic acid groups (broad SMARTS) is 1. The highest BCUT2D eigenvalue weighted by Crippen LogP contribution is 2.27. The first-order chi connectivity index (χ1) is 7.06. The second-order valence-electron chi connectivity index (χ2n) is 3.71. The van der Waals surface area contributed by atoms with Gasteiger partial charge in [-0.3, -0.25) is 9.59 Å². The quantitative estimate of drug-likeness (QED) is 0.605. The summed E-state index contributed by atoms with van der Waals surface area (Å²) in [6, 6.07) is -0.710. The van der Waals surface area contributed by atoms with Gasteiger partial charge in [0.15, 0.2) is 0 Å². The molecule has 0 aromatic carbocycles. The summed E-state index contributed by atoms with van der Waals surface area (Å²) in [5.74, 6) is -1.34. The van der Waals surface area contributed by atoms with Gasteiger partial charge in [-0.1, -0.05) is 6.08 Å². The van der Waals surface area contributed by atoms with Gasteiger partial charge in [-0.25, -0.2) is 0 Å². The Hall–Kier alpha value is -1.36. The van der Waals surface area contributed by atoms with E-state index in [0.717, 1.165) is 12.8 Å². The first-order valence-corrected chi connectivity index (χ1v) is 4.95. The second-order valence-corrected chi connectivity index (χ2v) is 3.71. The maximum absolute atomic E-state index is 11.7. The van der Waals surface area contributed by atoms with Crippen LogP contribution in [0, 0.1) is 0 Å². The summed E-state index contributed by atoms with van der Waals surface area (Å²) >= 11 is 0. The minimum absolute atomic E-state index is 0.232. The summed E-state index contributed by atoms with van der Waals surface area (Å²) in [7, 11) is 0. The Morgan fingerprint density at radius 3 is 2.60 bits per heavy atom. The number of nitrogens with zero attached hydrogens (tertiary/aromatic N) is 1. The molecule has 5 heteroatoms. The summed E-state index contributed by atoms with van der Waals surface area (Å²) < 4.78 is 0. The van der Waals surface area contributed by atoms with Gasteiger partial charge in [0, 0.05) is 12.6 Å². The Morgan fingerprint density at radius 2 is 2.20 bits per heavy atom. The summed E-state index contributed by atoms with van der Waals surface area (Å²) in [6.45, 7) is 4.00. The number of rotatable bonds is 6. The third kappa shape index (κ3) is 3.36. The molecule has 0 aromatic heterocycles. The van der Waals surface area contributed by atoms with Crippen LogP contribution >= 0.6 is 0 Å². The fourth-order valence-corrected chi connectivity index (χ4v) is 1.43. The summed E-state index contributed by atoms with van der Waals surface area (Å²) in [4.78, 5) is 23.8. The molecule has 1 aliphatic carbocycles. The number of hydrogen-bond acceptors (Lipinski definition) is 3. The molecule has 1 unspecified atom stereocenters. The van der Waals surface area contributed by atoms with Crippen LogP contribution in [0.25, 0.3) is 0 Å². The zero-order valence-electron chi connectivity index (χ0n) is 8.56. The van der Waals surface area contributed by atoms with Crippen molar-refractivity contribution in [2.75, 3.05) is 6.54 Å². The Kier molecular flexibility index (Phi) is 3.85. The van der Waals surface area contributed by atoms with Crippen LogP contribution < -0.4 is 5.73 Å². The van der Waals surface area contributed by atoms with Gasteiger partial charge in [-0.2, -0.15) is 0 Å². The van der Waals surface area contributed by atoms with Crippen LogP contribution in [0.2, 0.25) is 0 Å². The van der Waals surface area contributed by atoms with Gasteiger partial charge >= 0.3 is 5.97 Å². The van der Waals surface area contributed by atoms with Crippen molar-refractivity contribution in [2.24, 2.45) is 5.73 Å². The third-order valence-electron chi connectivity index (χ3n) is 2.31. The van der Waals surface area contributed by atoms with Gasteiger partial charge in [0.05, 0.1) is 12.5 Å². The minimum Gasteiger partial charge on any atom is -0.481 e. The lowest BCUT2D eigenvalue weighted by molar-refractivity contribution is -0.142. The zero-order chi connectivity index (χ0) is 11.4. The van der Waals surface area contributed by atoms with Crippen molar-refractivity contribution in [3.05, 3.63) is 12.7 Å². The normalized spacial score (nSPS) is 16.9. The molecule has 5 nitrogen and oxygen atoms in total. The molecule has 15 heavy (non-hydrogen) atoms. The van der Waals surface area contributed by atoms with Crippen molar-refractivity contribution in [2.45, 2.75) is 31.3 Å². The van der Waals surface area contributed by atoms with Crippen LogP contribution in [0.3, 0.4) is 0 Å². The number of carboxylic acids is 1. The van der Waals surface area contributed by atoms with E-state index >= 15 is 0 Å². The first-order valence-electron chi connectivity index (χ1n) is 4.95. The summed E-state index contributed by atoms with van der Waals surface area (Å²) in [5.41, 5.74) is 5.51. The molecule has 0 aliphatic heterocycles. The van der Waals surface area contributed by atoms with Crippen molar-refractivity contribution >= 4 is 11.9 Å². The monoisotopic (exact) mass is 212 g/mol. The van der Waals surface area contributed by atoms with Crippen molar-refractivity contribution < 1.29 is 14.7 Å². The Bertz CT molecular complexity index is 274. The molecule has 0 aromatic rings. The van der Waals surface area contributed by atoms with Gasteiger partial charge in [0.25, 0.3) is 0 Å². The molecular weight excluding hydrogens is 196 g/mol. The standard InChI is InChI=1S/C10H16N2O3/c1-2-5-12(7-3-4-7)10(15)8(11)6-9(13)14/h2,7-8H,1,3-6,11H2,(H,13,14). The van der Waals surface area contributed by atoms with E-state index in [0.29, 0.717) is 6.54 Å². The number of aliphatic carboxylic acids is 1. The Labute approximate surface area is 88.5 Å². The number of amides is 1. The summed E-state index contributed by atoms with van der Waals surface area (Å²) in [5, 5.41) is 8.53. The van der Waals surface area contributed by atoms with E-state index in [9.17, 15) is 9.59 Å². The molecule has 1 fully saturated rings. The van der Waals surface area contributed by atoms with Crippen molar-refractivity contribution in [1.82, 2.24) is 4.90 Å². The van der Waals surface area contributed by atoms with Crippen LogP contribution in [-0.2, 0) is 9.59 Å². The molecular formula is C10H16N2O3. The van der Waals surface area contributed by atoms with Crippen molar-refractivity contribution in [3.63, 3.8) is 0 Å². The second kappa shape index (κ2) is 4.93. The molecule has 0 radical (unpaired) electrons. The van der Waals surface area contributed by atoms with Gasteiger partial charge in [-0.15, -0.1) is 6.58 Å². The topological polar surface area (TPSA) is 83.6 Å². The number of carbonyl (C=O) groups excluding carboxylic acids is 1. The molecule has 0 bridgehead atoms. The lowest BCUT2D eigenvalue weighted by Gasteiger charge is -2.23. The maximum atomic E-state index is 11.7. The molecule has 0 heterocycles. The van der Waals surface area contributed by atoms with Crippen LogP contribution in [0.5, 0.6) is 0 Å². The van der Waals surface area contributed by atoms with Crippen molar-refractivity contribution in [1.29, 1.82) is 0 Å². The third-order valence-corrected chi connectivity index (χ3v) is 2.31. The highest BCUT2D eigenvalue weighted by Gasteiger charge is 2.34. The van der Waals surface area contributed by atoms with Gasteiger partial charge in [0.2, 0.25) is 5.91 Å². The SMILES string of the molecule is C=CCN(C(=O)C(N)CC(=O)O)C1CC1. The molecule has 0 spiro atoms. The first kappa shape index (κ1) is 11.7. The predicted molar refractivity (Wildman–Crippen MR) is 55.2 cm³/mol. The van der Waals surface area contributed by atoms with Crippen LogP contribution in [-0.4, -0.2) is 40.5 Å². The van der Waals surface area contributed by atoms with Crippen LogP contribution in [0.15, 0.2) is 12.7 Å². The number of hydrogen-bond donors (Lipinski definition) is 2. The van der Waals surface area contributed by atoms with Gasteiger partial charge < -0.3 is 15.7 Å². The Morgan fingerprint density at radius 1 is 1.60 bits per heavy atom. The van der Waals surface area contributed by atoms with Gasteiger partial charge in [0.1, 0.15) is 0 Å². The zero-order valence-corrected chi connectivity index (χ0v) is 8.56. The van der Waals surface area contributed by atoms with E-state index in [2.05, 4.69) is 6.58 Å². The lowest BCUT2D eigenvalue weighted by Crippen LogP contribution is -2.45. The van der Waals surface area contributed by atoms with E-state index in [1.54, 1.807) is 11.0 Å². The Balaban J connectivity index is 2.54. The highest BCUT2D eigenvalue weighted by atomic mass is 16.4. The predicted octanol–water partition coefficient (Wildman–Crippen LogP) is -0.0346. The average molecular weight is 212 g/mol. The molecule has 3 N–H and O–H groups in total. The molecule has 1 rings (SSSR count). The number of carbonyl (C=O) groups is 2. The fraction of sp³-hybridized carbons (Fsp3) is 0.600. The summed E-state index contributed by atoms with van der Waals surface area (Å²) in [6.07, 6.45) is 3.25. The molecule has 1 aliphatic rings. The number of nitrogens with two attached hydrogens (primary N) is 1. The van der Waals surface area contributed by atoms with E-state index in [1.165, 1.54) is 0 Å². The molecule has 1 amide bonds. The average Bonchev–Trinajstić information content (AvgIpc) is 2.95. The van der Waals surface area contributed by atoms with E-state index in [1.807, 2.05) is 0 Å². The highest BCUT2D eigenvalue weighted by molar-refractivity contribution is 5.86. The molecule has 0 saturated heterocycles. The van der Waals surface area contributed by atoms with Crippen molar-refractivity contribution in [3.8, 4) is 0 Å². The smallest absolute Gasteiger partial charge is 0.305 e. The van der Waals surface area contributed by atoms with E-state index in [-0.39, 0.29) is 18.4 Å². The molecule has 1 atom stereocenters. The van der Waals surface area contributed by atoms with Crippen LogP contribution in [0.4, 0.5) is 0 Å².